The number of hydrogen-bond acceptors (Lipinski definition) is 3. The highest BCUT2D eigenvalue weighted by Gasteiger charge is 2.37. The van der Waals surface area contributed by atoms with Crippen molar-refractivity contribution in [3.8, 4) is 0 Å². The van der Waals surface area contributed by atoms with Crippen LogP contribution in [0.15, 0.2) is 18.3 Å². The van der Waals surface area contributed by atoms with Crippen molar-refractivity contribution in [2.75, 3.05) is 18.4 Å². The molecule has 6 heteroatoms. The van der Waals surface area contributed by atoms with Crippen molar-refractivity contribution < 1.29 is 13.2 Å². The first kappa shape index (κ1) is 12.2. The van der Waals surface area contributed by atoms with Gasteiger partial charge in [0.25, 0.3) is 0 Å². The van der Waals surface area contributed by atoms with E-state index in [9.17, 15) is 13.2 Å². The Balaban J connectivity index is 2.26. The van der Waals surface area contributed by atoms with E-state index in [1.54, 1.807) is 0 Å². The van der Waals surface area contributed by atoms with Gasteiger partial charge in [-0.2, -0.15) is 13.2 Å². The lowest BCUT2D eigenvalue weighted by Crippen LogP contribution is -2.38. The molecule has 1 saturated heterocycles. The van der Waals surface area contributed by atoms with Crippen molar-refractivity contribution in [2.24, 2.45) is 0 Å². The van der Waals surface area contributed by atoms with Crippen LogP contribution in [0.4, 0.5) is 19.0 Å². The second-order valence-electron chi connectivity index (χ2n) is 4.51. The van der Waals surface area contributed by atoms with Crippen molar-refractivity contribution in [1.29, 1.82) is 0 Å². The van der Waals surface area contributed by atoms with Gasteiger partial charge in [0.15, 0.2) is 0 Å². The highest BCUT2D eigenvalue weighted by atomic mass is 19.4. The standard InChI is InChI=1S/C11H14F3N3/c1-10(4-6-15-7-10)17-9-8(11(12,13)14)3-2-5-16-9/h2-3,5,15H,4,6-7H2,1H3,(H,16,17). The lowest BCUT2D eigenvalue weighted by molar-refractivity contribution is -0.137. The molecular formula is C11H14F3N3. The predicted octanol–water partition coefficient (Wildman–Crippen LogP) is 2.26. The molecule has 0 bridgehead atoms. The third kappa shape index (κ3) is 2.69. The molecule has 1 aliphatic rings. The quantitative estimate of drug-likeness (QED) is 0.839. The first-order valence-corrected chi connectivity index (χ1v) is 5.42. The zero-order valence-electron chi connectivity index (χ0n) is 9.43. The molecule has 1 unspecified atom stereocenters. The Morgan fingerprint density at radius 2 is 2.24 bits per heavy atom. The molecule has 0 aliphatic carbocycles. The van der Waals surface area contributed by atoms with Crippen LogP contribution in [0.25, 0.3) is 0 Å². The fraction of sp³-hybridized carbons (Fsp3) is 0.545. The zero-order valence-corrected chi connectivity index (χ0v) is 9.43. The van der Waals surface area contributed by atoms with Crippen molar-refractivity contribution in [2.45, 2.75) is 25.1 Å². The molecule has 0 saturated carbocycles. The second kappa shape index (κ2) is 4.18. The van der Waals surface area contributed by atoms with E-state index in [4.69, 9.17) is 0 Å². The average Bonchev–Trinajstić information content (AvgIpc) is 2.64. The van der Waals surface area contributed by atoms with E-state index in [-0.39, 0.29) is 11.4 Å². The smallest absolute Gasteiger partial charge is 0.363 e. The van der Waals surface area contributed by atoms with Crippen LogP contribution in [-0.4, -0.2) is 23.6 Å². The summed E-state index contributed by atoms with van der Waals surface area (Å²) in [7, 11) is 0. The van der Waals surface area contributed by atoms with Crippen LogP contribution in [0.3, 0.4) is 0 Å². The largest absolute Gasteiger partial charge is 0.419 e. The van der Waals surface area contributed by atoms with E-state index >= 15 is 0 Å². The summed E-state index contributed by atoms with van der Waals surface area (Å²) in [4.78, 5) is 3.79. The van der Waals surface area contributed by atoms with Crippen LogP contribution >= 0.6 is 0 Å². The fourth-order valence-electron chi connectivity index (χ4n) is 1.94. The minimum absolute atomic E-state index is 0.0915. The zero-order chi connectivity index (χ0) is 12.5. The molecule has 0 aromatic carbocycles. The molecule has 0 radical (unpaired) electrons. The molecule has 2 heterocycles. The Labute approximate surface area is 97.4 Å². The van der Waals surface area contributed by atoms with E-state index in [1.165, 1.54) is 12.3 Å². The molecule has 1 fully saturated rings. The molecule has 3 nitrogen and oxygen atoms in total. The SMILES string of the molecule is CC1(Nc2ncccc2C(F)(F)F)CCNC1. The normalized spacial score (nSPS) is 24.9. The molecule has 94 valence electrons. The van der Waals surface area contributed by atoms with Crippen molar-refractivity contribution in [3.05, 3.63) is 23.9 Å². The van der Waals surface area contributed by atoms with Gasteiger partial charge in [0.05, 0.1) is 5.56 Å². The molecule has 1 atom stereocenters. The highest BCUT2D eigenvalue weighted by Crippen LogP contribution is 2.35. The van der Waals surface area contributed by atoms with Crippen LogP contribution in [-0.2, 0) is 6.18 Å². The van der Waals surface area contributed by atoms with Gasteiger partial charge in [0.1, 0.15) is 5.82 Å². The third-order valence-electron chi connectivity index (χ3n) is 2.90. The van der Waals surface area contributed by atoms with E-state index in [0.717, 1.165) is 19.0 Å². The van der Waals surface area contributed by atoms with Crippen molar-refractivity contribution in [1.82, 2.24) is 10.3 Å². The van der Waals surface area contributed by atoms with Gasteiger partial charge in [-0.1, -0.05) is 0 Å². The van der Waals surface area contributed by atoms with Gasteiger partial charge in [-0.25, -0.2) is 4.98 Å². The number of pyridine rings is 1. The topological polar surface area (TPSA) is 37.0 Å². The number of nitrogens with one attached hydrogen (secondary N) is 2. The predicted molar refractivity (Wildman–Crippen MR) is 58.8 cm³/mol. The summed E-state index contributed by atoms with van der Waals surface area (Å²) < 4.78 is 38.3. The number of anilines is 1. The Hall–Kier alpha value is -1.30. The van der Waals surface area contributed by atoms with E-state index < -0.39 is 11.7 Å². The maximum absolute atomic E-state index is 12.8. The molecule has 17 heavy (non-hydrogen) atoms. The van der Waals surface area contributed by atoms with E-state index in [0.29, 0.717) is 6.54 Å². The number of aromatic nitrogens is 1. The third-order valence-corrected chi connectivity index (χ3v) is 2.90. The summed E-state index contributed by atoms with van der Waals surface area (Å²) >= 11 is 0. The Morgan fingerprint density at radius 1 is 1.47 bits per heavy atom. The Morgan fingerprint density at radius 3 is 2.82 bits per heavy atom. The number of halogens is 3. The molecule has 0 amide bonds. The summed E-state index contributed by atoms with van der Waals surface area (Å²) in [5, 5.41) is 6.02. The van der Waals surface area contributed by atoms with Crippen LogP contribution in [0.2, 0.25) is 0 Å². The maximum atomic E-state index is 12.8. The molecule has 1 aromatic rings. The van der Waals surface area contributed by atoms with Crippen LogP contribution in [0.1, 0.15) is 18.9 Å². The van der Waals surface area contributed by atoms with Crippen LogP contribution in [0.5, 0.6) is 0 Å². The molecule has 1 aromatic heterocycles. The Bertz CT molecular complexity index is 397. The van der Waals surface area contributed by atoms with Gasteiger partial charge in [0.2, 0.25) is 0 Å². The van der Waals surface area contributed by atoms with Crippen LogP contribution in [0, 0.1) is 0 Å². The molecule has 1 aliphatic heterocycles. The monoisotopic (exact) mass is 245 g/mol. The summed E-state index contributed by atoms with van der Waals surface area (Å²) in [6.07, 6.45) is -2.23. The lowest BCUT2D eigenvalue weighted by atomic mass is 10.0. The second-order valence-corrected chi connectivity index (χ2v) is 4.51. The van der Waals surface area contributed by atoms with Gasteiger partial charge in [0, 0.05) is 18.3 Å². The number of nitrogens with zero attached hydrogens (tertiary/aromatic N) is 1. The first-order valence-electron chi connectivity index (χ1n) is 5.42. The molecule has 2 rings (SSSR count). The number of rotatable bonds is 2. The molecule has 2 N–H and O–H groups in total. The summed E-state index contributed by atoms with van der Waals surface area (Å²) in [6, 6.07) is 2.34. The molecule has 0 spiro atoms. The summed E-state index contributed by atoms with van der Waals surface area (Å²) in [5.41, 5.74) is -1.08. The van der Waals surface area contributed by atoms with Gasteiger partial charge in [-0.3, -0.25) is 0 Å². The van der Waals surface area contributed by atoms with Gasteiger partial charge in [-0.05, 0) is 32.0 Å². The number of hydrogen-bond donors (Lipinski definition) is 2. The van der Waals surface area contributed by atoms with Crippen LogP contribution < -0.4 is 10.6 Å². The average molecular weight is 245 g/mol. The minimum atomic E-state index is -4.38. The van der Waals surface area contributed by atoms with Crippen molar-refractivity contribution in [3.63, 3.8) is 0 Å². The summed E-state index contributed by atoms with van der Waals surface area (Å²) in [6.45, 7) is 3.33. The van der Waals surface area contributed by atoms with Gasteiger partial charge in [-0.15, -0.1) is 0 Å². The van der Waals surface area contributed by atoms with E-state index in [2.05, 4.69) is 15.6 Å². The lowest BCUT2D eigenvalue weighted by Gasteiger charge is -2.26. The van der Waals surface area contributed by atoms with Gasteiger partial charge < -0.3 is 10.6 Å². The van der Waals surface area contributed by atoms with E-state index in [1.807, 2.05) is 6.92 Å². The fourth-order valence-corrected chi connectivity index (χ4v) is 1.94. The van der Waals surface area contributed by atoms with Crippen molar-refractivity contribution >= 4 is 5.82 Å². The first-order chi connectivity index (χ1) is 7.91. The maximum Gasteiger partial charge on any atom is 0.419 e. The van der Waals surface area contributed by atoms with Gasteiger partial charge >= 0.3 is 6.18 Å². The minimum Gasteiger partial charge on any atom is -0.363 e. The highest BCUT2D eigenvalue weighted by molar-refractivity contribution is 5.47. The number of alkyl halides is 3. The Kier molecular flexibility index (Phi) is 2.99. The summed E-state index contributed by atoms with van der Waals surface area (Å²) in [5.74, 6) is -0.0915. The molecular weight excluding hydrogens is 231 g/mol.